The summed E-state index contributed by atoms with van der Waals surface area (Å²) in [5, 5.41) is 8.54. The van der Waals surface area contributed by atoms with Crippen molar-refractivity contribution in [1.82, 2.24) is 9.55 Å². The van der Waals surface area contributed by atoms with Crippen LogP contribution in [0, 0.1) is 0 Å². The van der Waals surface area contributed by atoms with Crippen LogP contribution in [0.25, 0.3) is 0 Å². The van der Waals surface area contributed by atoms with Crippen LogP contribution in [0.2, 0.25) is 0 Å². The number of hydrogen-bond acceptors (Lipinski definition) is 2. The number of carboxylic acid groups (broad SMARTS) is 1. The lowest BCUT2D eigenvalue weighted by Gasteiger charge is -2.08. The van der Waals surface area contributed by atoms with Crippen molar-refractivity contribution in [1.29, 1.82) is 0 Å². The molecule has 1 unspecified atom stereocenters. The number of hydrogen-bond donors (Lipinski definition) is 1. The molecule has 0 amide bonds. The van der Waals surface area contributed by atoms with E-state index < -0.39 is 5.97 Å². The number of aliphatic carboxylic acids is 1. The first-order valence-corrected chi connectivity index (χ1v) is 3.79. The molecule has 0 aliphatic carbocycles. The van der Waals surface area contributed by atoms with Crippen molar-refractivity contribution in [2.45, 2.75) is 19.3 Å². The lowest BCUT2D eigenvalue weighted by Crippen LogP contribution is -2.06. The molecule has 66 valence electrons. The van der Waals surface area contributed by atoms with Gasteiger partial charge in [-0.05, 0) is 0 Å². The van der Waals surface area contributed by atoms with Crippen LogP contribution >= 0.6 is 0 Å². The Hall–Kier alpha value is -1.32. The minimum absolute atomic E-state index is 0.0231. The summed E-state index contributed by atoms with van der Waals surface area (Å²) in [5.74, 6) is -0.751. The fraction of sp³-hybridized carbons (Fsp3) is 0.500. The predicted octanol–water partition coefficient (Wildman–Crippen LogP) is 0.998. The maximum Gasteiger partial charge on any atom is 0.304 e. The topological polar surface area (TPSA) is 55.1 Å². The van der Waals surface area contributed by atoms with E-state index in [0.717, 1.165) is 5.69 Å². The summed E-state index contributed by atoms with van der Waals surface area (Å²) in [6, 6.07) is 0. The summed E-state index contributed by atoms with van der Waals surface area (Å²) in [6.45, 7) is 1.88. The number of imidazole rings is 1. The van der Waals surface area contributed by atoms with Crippen molar-refractivity contribution in [3.63, 3.8) is 0 Å². The standard InChI is InChI=1S/C8H12N2O2/c1-6(3-8(11)12)7-4-9-5-10(7)2/h4-6H,3H2,1-2H3,(H,11,12). The number of aryl methyl sites for hydroxylation is 1. The fourth-order valence-electron chi connectivity index (χ4n) is 1.21. The zero-order valence-corrected chi connectivity index (χ0v) is 7.19. The summed E-state index contributed by atoms with van der Waals surface area (Å²) in [4.78, 5) is 14.3. The lowest BCUT2D eigenvalue weighted by molar-refractivity contribution is -0.137. The number of carboxylic acids is 1. The first-order valence-electron chi connectivity index (χ1n) is 3.79. The van der Waals surface area contributed by atoms with Crippen molar-refractivity contribution in [2.24, 2.45) is 7.05 Å². The quantitative estimate of drug-likeness (QED) is 0.732. The molecule has 0 bridgehead atoms. The maximum absolute atomic E-state index is 10.4. The highest BCUT2D eigenvalue weighted by atomic mass is 16.4. The number of carbonyl (C=O) groups is 1. The van der Waals surface area contributed by atoms with Gasteiger partial charge in [0.2, 0.25) is 0 Å². The van der Waals surface area contributed by atoms with Crippen LogP contribution in [0.4, 0.5) is 0 Å². The Bertz CT molecular complexity index is 280. The van der Waals surface area contributed by atoms with Gasteiger partial charge in [-0.1, -0.05) is 6.92 Å². The highest BCUT2D eigenvalue weighted by molar-refractivity contribution is 5.67. The van der Waals surface area contributed by atoms with E-state index >= 15 is 0 Å². The Morgan fingerprint density at radius 2 is 2.50 bits per heavy atom. The second-order valence-corrected chi connectivity index (χ2v) is 2.93. The minimum atomic E-state index is -0.774. The first kappa shape index (κ1) is 8.77. The molecule has 1 N–H and O–H groups in total. The summed E-state index contributed by atoms with van der Waals surface area (Å²) >= 11 is 0. The van der Waals surface area contributed by atoms with Crippen LogP contribution in [0.5, 0.6) is 0 Å². The normalized spacial score (nSPS) is 12.8. The molecule has 0 fully saturated rings. The minimum Gasteiger partial charge on any atom is -0.481 e. The van der Waals surface area contributed by atoms with Crippen molar-refractivity contribution >= 4 is 5.97 Å². The monoisotopic (exact) mass is 168 g/mol. The molecule has 1 rings (SSSR count). The van der Waals surface area contributed by atoms with Gasteiger partial charge in [-0.15, -0.1) is 0 Å². The van der Waals surface area contributed by atoms with Crippen LogP contribution < -0.4 is 0 Å². The number of nitrogens with zero attached hydrogens (tertiary/aromatic N) is 2. The van der Waals surface area contributed by atoms with Gasteiger partial charge in [-0.25, -0.2) is 4.98 Å². The van der Waals surface area contributed by atoms with E-state index in [0.29, 0.717) is 0 Å². The lowest BCUT2D eigenvalue weighted by atomic mass is 10.1. The van der Waals surface area contributed by atoms with Gasteiger partial charge in [0.05, 0.1) is 12.7 Å². The predicted molar refractivity (Wildman–Crippen MR) is 43.9 cm³/mol. The van der Waals surface area contributed by atoms with Gasteiger partial charge in [0.1, 0.15) is 0 Å². The SMILES string of the molecule is CC(CC(=O)O)c1cncn1C. The summed E-state index contributed by atoms with van der Waals surface area (Å²) in [6.07, 6.45) is 3.53. The number of rotatable bonds is 3. The highest BCUT2D eigenvalue weighted by Crippen LogP contribution is 2.16. The largest absolute Gasteiger partial charge is 0.481 e. The Labute approximate surface area is 70.9 Å². The summed E-state index contributed by atoms with van der Waals surface area (Å²) < 4.78 is 1.84. The van der Waals surface area contributed by atoms with Crippen LogP contribution in [-0.4, -0.2) is 20.6 Å². The third kappa shape index (κ3) is 1.84. The van der Waals surface area contributed by atoms with Gasteiger partial charge >= 0.3 is 5.97 Å². The molecule has 1 aromatic rings. The second kappa shape index (κ2) is 3.38. The Balaban J connectivity index is 2.71. The zero-order valence-electron chi connectivity index (χ0n) is 7.19. The van der Waals surface area contributed by atoms with E-state index in [1.54, 1.807) is 12.5 Å². The number of aromatic nitrogens is 2. The molecule has 12 heavy (non-hydrogen) atoms. The Kier molecular flexibility index (Phi) is 2.47. The summed E-state index contributed by atoms with van der Waals surface area (Å²) in [7, 11) is 1.86. The highest BCUT2D eigenvalue weighted by Gasteiger charge is 2.12. The van der Waals surface area contributed by atoms with Crippen LogP contribution in [0.15, 0.2) is 12.5 Å². The van der Waals surface area contributed by atoms with Crippen LogP contribution in [-0.2, 0) is 11.8 Å². The van der Waals surface area contributed by atoms with E-state index in [4.69, 9.17) is 5.11 Å². The Morgan fingerprint density at radius 3 is 2.92 bits per heavy atom. The smallest absolute Gasteiger partial charge is 0.304 e. The molecule has 1 atom stereocenters. The van der Waals surface area contributed by atoms with E-state index in [9.17, 15) is 4.79 Å². The molecule has 0 aliphatic heterocycles. The van der Waals surface area contributed by atoms with Gasteiger partial charge in [-0.3, -0.25) is 4.79 Å². The molecule has 0 saturated carbocycles. The fourth-order valence-corrected chi connectivity index (χ4v) is 1.21. The molecule has 0 radical (unpaired) electrons. The molecule has 0 aliphatic rings. The molecule has 0 spiro atoms. The molecule has 0 aromatic carbocycles. The zero-order chi connectivity index (χ0) is 9.14. The molecule has 4 nitrogen and oxygen atoms in total. The molecule has 4 heteroatoms. The Morgan fingerprint density at radius 1 is 1.83 bits per heavy atom. The average molecular weight is 168 g/mol. The summed E-state index contributed by atoms with van der Waals surface area (Å²) in [5.41, 5.74) is 0.956. The third-order valence-corrected chi connectivity index (χ3v) is 1.84. The third-order valence-electron chi connectivity index (χ3n) is 1.84. The van der Waals surface area contributed by atoms with Gasteiger partial charge in [0.25, 0.3) is 0 Å². The maximum atomic E-state index is 10.4. The van der Waals surface area contributed by atoms with E-state index in [1.165, 1.54) is 0 Å². The van der Waals surface area contributed by atoms with Gasteiger partial charge in [-0.2, -0.15) is 0 Å². The van der Waals surface area contributed by atoms with Crippen LogP contribution in [0.3, 0.4) is 0 Å². The molecular weight excluding hydrogens is 156 g/mol. The van der Waals surface area contributed by atoms with Crippen molar-refractivity contribution < 1.29 is 9.90 Å². The van der Waals surface area contributed by atoms with Crippen LogP contribution in [0.1, 0.15) is 25.0 Å². The molecule has 1 aromatic heterocycles. The molecular formula is C8H12N2O2. The van der Waals surface area contributed by atoms with Gasteiger partial charge in [0, 0.05) is 24.9 Å². The second-order valence-electron chi connectivity index (χ2n) is 2.93. The molecule has 0 saturated heterocycles. The van der Waals surface area contributed by atoms with E-state index in [2.05, 4.69) is 4.98 Å². The van der Waals surface area contributed by atoms with Gasteiger partial charge in [0.15, 0.2) is 0 Å². The van der Waals surface area contributed by atoms with Gasteiger partial charge < -0.3 is 9.67 Å². The van der Waals surface area contributed by atoms with Crippen molar-refractivity contribution in [2.75, 3.05) is 0 Å². The first-order chi connectivity index (χ1) is 5.61. The van der Waals surface area contributed by atoms with E-state index in [-0.39, 0.29) is 12.3 Å². The van der Waals surface area contributed by atoms with E-state index in [1.807, 2.05) is 18.5 Å². The van der Waals surface area contributed by atoms with Crippen molar-refractivity contribution in [3.8, 4) is 0 Å². The van der Waals surface area contributed by atoms with Crippen molar-refractivity contribution in [3.05, 3.63) is 18.2 Å². The molecule has 1 heterocycles. The average Bonchev–Trinajstić information content (AvgIpc) is 2.33.